The number of amides is 3. The van der Waals surface area contributed by atoms with E-state index in [9.17, 15) is 14.7 Å². The summed E-state index contributed by atoms with van der Waals surface area (Å²) in [5, 5.41) is 12.6. The predicted molar refractivity (Wildman–Crippen MR) is 75.2 cm³/mol. The number of nitrogens with zero attached hydrogens (tertiary/aromatic N) is 2. The molecule has 6 nitrogen and oxygen atoms in total. The van der Waals surface area contributed by atoms with E-state index in [4.69, 9.17) is 0 Å². The van der Waals surface area contributed by atoms with Crippen LogP contribution in [0.5, 0.6) is 0 Å². The minimum atomic E-state index is -0.377. The molecular formula is C14H25N3O3. The van der Waals surface area contributed by atoms with Crippen molar-refractivity contribution in [3.8, 4) is 0 Å². The minimum absolute atomic E-state index is 0.00726. The van der Waals surface area contributed by atoms with Crippen molar-refractivity contribution in [2.45, 2.75) is 39.2 Å². The summed E-state index contributed by atoms with van der Waals surface area (Å²) in [6.45, 7) is 6.62. The van der Waals surface area contributed by atoms with Crippen molar-refractivity contribution in [3.05, 3.63) is 0 Å². The van der Waals surface area contributed by atoms with Gasteiger partial charge in [0, 0.05) is 31.6 Å². The molecule has 2 N–H and O–H groups in total. The van der Waals surface area contributed by atoms with Crippen LogP contribution in [0.3, 0.4) is 0 Å². The molecule has 1 atom stereocenters. The van der Waals surface area contributed by atoms with Gasteiger partial charge in [-0.2, -0.15) is 0 Å². The van der Waals surface area contributed by atoms with E-state index < -0.39 is 0 Å². The van der Waals surface area contributed by atoms with Crippen molar-refractivity contribution in [2.24, 2.45) is 5.41 Å². The van der Waals surface area contributed by atoms with Crippen LogP contribution in [0.2, 0.25) is 0 Å². The summed E-state index contributed by atoms with van der Waals surface area (Å²) < 4.78 is 0. The molecule has 1 unspecified atom stereocenters. The van der Waals surface area contributed by atoms with E-state index in [0.717, 1.165) is 25.9 Å². The van der Waals surface area contributed by atoms with Crippen LogP contribution in [0.1, 0.15) is 33.1 Å². The van der Waals surface area contributed by atoms with Crippen LogP contribution in [0.25, 0.3) is 0 Å². The third-order valence-corrected chi connectivity index (χ3v) is 4.31. The van der Waals surface area contributed by atoms with Gasteiger partial charge in [0.05, 0.1) is 12.6 Å². The standard InChI is InChI=1S/C14H25N3O3/c1-14(2)10-17(8-5-11(14)18)13(20)15-9-12(19)16-6-3-4-7-16/h11,18H,3-10H2,1-2H3,(H,15,20). The third kappa shape index (κ3) is 3.42. The van der Waals surface area contributed by atoms with Gasteiger partial charge in [0.25, 0.3) is 0 Å². The van der Waals surface area contributed by atoms with Crippen LogP contribution in [0, 0.1) is 5.41 Å². The maximum atomic E-state index is 12.1. The largest absolute Gasteiger partial charge is 0.392 e. The van der Waals surface area contributed by atoms with Crippen LogP contribution in [-0.4, -0.2) is 65.7 Å². The van der Waals surface area contributed by atoms with E-state index in [2.05, 4.69) is 5.32 Å². The molecule has 0 aromatic heterocycles. The Morgan fingerprint density at radius 1 is 1.20 bits per heavy atom. The van der Waals surface area contributed by atoms with Crippen molar-refractivity contribution in [1.29, 1.82) is 0 Å². The minimum Gasteiger partial charge on any atom is -0.392 e. The molecule has 20 heavy (non-hydrogen) atoms. The van der Waals surface area contributed by atoms with Gasteiger partial charge >= 0.3 is 6.03 Å². The Morgan fingerprint density at radius 2 is 1.85 bits per heavy atom. The molecule has 0 aliphatic carbocycles. The van der Waals surface area contributed by atoms with Gasteiger partial charge in [-0.05, 0) is 19.3 Å². The molecule has 0 radical (unpaired) electrons. The molecule has 2 heterocycles. The second-order valence-electron chi connectivity index (χ2n) is 6.46. The number of likely N-dealkylation sites (tertiary alicyclic amines) is 2. The number of urea groups is 1. The summed E-state index contributed by atoms with van der Waals surface area (Å²) in [5.41, 5.74) is -0.297. The molecule has 2 rings (SSSR count). The van der Waals surface area contributed by atoms with Gasteiger partial charge < -0.3 is 20.2 Å². The summed E-state index contributed by atoms with van der Waals surface area (Å²) in [7, 11) is 0. The molecule has 3 amide bonds. The number of aliphatic hydroxyl groups excluding tert-OH is 1. The fourth-order valence-electron chi connectivity index (χ4n) is 2.86. The number of hydrogen-bond acceptors (Lipinski definition) is 3. The molecule has 0 spiro atoms. The average Bonchev–Trinajstić information content (AvgIpc) is 2.92. The van der Waals surface area contributed by atoms with Crippen molar-refractivity contribution in [3.63, 3.8) is 0 Å². The highest BCUT2D eigenvalue weighted by molar-refractivity contribution is 5.84. The van der Waals surface area contributed by atoms with Crippen LogP contribution in [0.4, 0.5) is 4.79 Å². The second-order valence-corrected chi connectivity index (χ2v) is 6.46. The molecule has 114 valence electrons. The SMILES string of the molecule is CC1(C)CN(C(=O)NCC(=O)N2CCCC2)CCC1O. The van der Waals surface area contributed by atoms with Crippen molar-refractivity contribution >= 4 is 11.9 Å². The van der Waals surface area contributed by atoms with Gasteiger partial charge in [0.15, 0.2) is 0 Å². The first-order chi connectivity index (χ1) is 9.40. The Balaban J connectivity index is 1.78. The number of nitrogens with one attached hydrogen (secondary N) is 1. The Hall–Kier alpha value is -1.30. The van der Waals surface area contributed by atoms with E-state index in [0.29, 0.717) is 19.5 Å². The van der Waals surface area contributed by atoms with Crippen LogP contribution < -0.4 is 5.32 Å². The smallest absolute Gasteiger partial charge is 0.317 e. The van der Waals surface area contributed by atoms with E-state index in [-0.39, 0.29) is 30.0 Å². The van der Waals surface area contributed by atoms with E-state index >= 15 is 0 Å². The van der Waals surface area contributed by atoms with Crippen LogP contribution >= 0.6 is 0 Å². The zero-order valence-electron chi connectivity index (χ0n) is 12.4. The van der Waals surface area contributed by atoms with Crippen molar-refractivity contribution < 1.29 is 14.7 Å². The quantitative estimate of drug-likeness (QED) is 0.771. The van der Waals surface area contributed by atoms with E-state index in [1.807, 2.05) is 13.8 Å². The van der Waals surface area contributed by atoms with Gasteiger partial charge in [0.2, 0.25) is 5.91 Å². The Morgan fingerprint density at radius 3 is 2.45 bits per heavy atom. The molecule has 0 bridgehead atoms. The molecule has 2 fully saturated rings. The Labute approximate surface area is 120 Å². The first kappa shape index (κ1) is 15.1. The number of carbonyl (C=O) groups excluding carboxylic acids is 2. The topological polar surface area (TPSA) is 72.9 Å². The molecule has 0 saturated carbocycles. The first-order valence-electron chi connectivity index (χ1n) is 7.39. The highest BCUT2D eigenvalue weighted by atomic mass is 16.3. The lowest BCUT2D eigenvalue weighted by Gasteiger charge is -2.41. The monoisotopic (exact) mass is 283 g/mol. The summed E-state index contributed by atoms with van der Waals surface area (Å²) in [6.07, 6.45) is 2.31. The Bertz CT molecular complexity index is 378. The normalized spacial score (nSPS) is 25.6. The molecule has 6 heteroatoms. The number of carbonyl (C=O) groups is 2. The molecule has 2 aliphatic rings. The molecule has 0 aromatic rings. The number of aliphatic hydroxyl groups is 1. The van der Waals surface area contributed by atoms with Gasteiger partial charge in [-0.25, -0.2) is 4.79 Å². The lowest BCUT2D eigenvalue weighted by molar-refractivity contribution is -0.129. The summed E-state index contributed by atoms with van der Waals surface area (Å²) >= 11 is 0. The second kappa shape index (κ2) is 5.99. The zero-order valence-corrected chi connectivity index (χ0v) is 12.4. The van der Waals surface area contributed by atoms with E-state index in [1.54, 1.807) is 9.80 Å². The fraction of sp³-hybridized carbons (Fsp3) is 0.857. The number of piperidine rings is 1. The average molecular weight is 283 g/mol. The van der Waals surface area contributed by atoms with Gasteiger partial charge in [-0.15, -0.1) is 0 Å². The number of rotatable bonds is 2. The summed E-state index contributed by atoms with van der Waals surface area (Å²) in [5.74, 6) is -0.00726. The summed E-state index contributed by atoms with van der Waals surface area (Å²) in [6, 6.07) is -0.211. The first-order valence-corrected chi connectivity index (χ1v) is 7.39. The number of hydrogen-bond donors (Lipinski definition) is 2. The molecule has 2 aliphatic heterocycles. The third-order valence-electron chi connectivity index (χ3n) is 4.31. The van der Waals surface area contributed by atoms with Crippen molar-refractivity contribution in [1.82, 2.24) is 15.1 Å². The molecular weight excluding hydrogens is 258 g/mol. The van der Waals surface area contributed by atoms with E-state index in [1.165, 1.54) is 0 Å². The molecule has 0 aromatic carbocycles. The van der Waals surface area contributed by atoms with Gasteiger partial charge in [-0.3, -0.25) is 4.79 Å². The van der Waals surface area contributed by atoms with Crippen LogP contribution in [0.15, 0.2) is 0 Å². The Kier molecular flexibility index (Phi) is 4.52. The zero-order chi connectivity index (χ0) is 14.8. The van der Waals surface area contributed by atoms with Gasteiger partial charge in [0.1, 0.15) is 0 Å². The predicted octanol–water partition coefficient (Wildman–Crippen LogP) is 0.411. The fourth-order valence-corrected chi connectivity index (χ4v) is 2.86. The lowest BCUT2D eigenvalue weighted by Crippen LogP contribution is -2.54. The highest BCUT2D eigenvalue weighted by Gasteiger charge is 2.36. The summed E-state index contributed by atoms with van der Waals surface area (Å²) in [4.78, 5) is 27.4. The lowest BCUT2D eigenvalue weighted by atomic mass is 9.81. The maximum absolute atomic E-state index is 12.1. The molecule has 2 saturated heterocycles. The highest BCUT2D eigenvalue weighted by Crippen LogP contribution is 2.28. The van der Waals surface area contributed by atoms with Crippen molar-refractivity contribution in [2.75, 3.05) is 32.7 Å². The van der Waals surface area contributed by atoms with Crippen LogP contribution in [-0.2, 0) is 4.79 Å². The maximum Gasteiger partial charge on any atom is 0.317 e. The van der Waals surface area contributed by atoms with Gasteiger partial charge in [-0.1, -0.05) is 13.8 Å².